The number of hydrogen-bond donors (Lipinski definition) is 0. The van der Waals surface area contributed by atoms with E-state index in [4.69, 9.17) is 9.47 Å². The maximum atomic E-state index is 11.5. The number of carbonyl (C=O) groups excluding carboxylic acids is 2. The van der Waals surface area contributed by atoms with Crippen LogP contribution in [-0.2, 0) is 19.1 Å². The van der Waals surface area contributed by atoms with Crippen molar-refractivity contribution in [3.63, 3.8) is 0 Å². The molecular formula is C11H19BrO4. The minimum atomic E-state index is -0.899. The molecule has 0 N–H and O–H groups in total. The summed E-state index contributed by atoms with van der Waals surface area (Å²) in [7, 11) is 0. The molecule has 5 heteroatoms. The van der Waals surface area contributed by atoms with Crippen molar-refractivity contribution in [3.05, 3.63) is 0 Å². The van der Waals surface area contributed by atoms with Gasteiger partial charge in [0, 0.05) is 0 Å². The van der Waals surface area contributed by atoms with Gasteiger partial charge in [-0.15, -0.1) is 0 Å². The van der Waals surface area contributed by atoms with Crippen molar-refractivity contribution in [1.82, 2.24) is 0 Å². The summed E-state index contributed by atoms with van der Waals surface area (Å²) in [5, 5.41) is 0. The number of hydrogen-bond acceptors (Lipinski definition) is 4. The van der Waals surface area contributed by atoms with E-state index in [1.54, 1.807) is 34.6 Å². The lowest BCUT2D eigenvalue weighted by Gasteiger charge is -2.23. The highest BCUT2D eigenvalue weighted by molar-refractivity contribution is 9.10. The fraction of sp³-hybridized carbons (Fsp3) is 0.818. The van der Waals surface area contributed by atoms with Gasteiger partial charge >= 0.3 is 11.9 Å². The fourth-order valence-electron chi connectivity index (χ4n) is 0.734. The number of carbonyl (C=O) groups is 2. The lowest BCUT2D eigenvalue weighted by molar-refractivity contribution is -0.175. The van der Waals surface area contributed by atoms with Crippen molar-refractivity contribution in [2.45, 2.75) is 57.6 Å². The Hall–Kier alpha value is -0.580. The molecule has 0 saturated heterocycles. The van der Waals surface area contributed by atoms with Crippen molar-refractivity contribution in [3.8, 4) is 0 Å². The van der Waals surface area contributed by atoms with Crippen molar-refractivity contribution in [1.29, 1.82) is 0 Å². The van der Waals surface area contributed by atoms with E-state index in [9.17, 15) is 9.59 Å². The Bertz CT molecular complexity index is 273. The van der Waals surface area contributed by atoms with Crippen molar-refractivity contribution < 1.29 is 19.1 Å². The highest BCUT2D eigenvalue weighted by Gasteiger charge is 2.31. The second-order valence-electron chi connectivity index (χ2n) is 5.05. The van der Waals surface area contributed by atoms with E-state index >= 15 is 0 Å². The molecule has 1 atom stereocenters. The van der Waals surface area contributed by atoms with Crippen LogP contribution in [0.4, 0.5) is 0 Å². The van der Waals surface area contributed by atoms with Gasteiger partial charge in [0.15, 0.2) is 6.10 Å². The first kappa shape index (κ1) is 15.4. The molecule has 16 heavy (non-hydrogen) atoms. The van der Waals surface area contributed by atoms with Gasteiger partial charge in [-0.3, -0.25) is 4.79 Å². The number of rotatable bonds is 3. The maximum absolute atomic E-state index is 11.5. The first-order valence-corrected chi connectivity index (χ1v) is 5.85. The van der Waals surface area contributed by atoms with Crippen molar-refractivity contribution in [2.75, 3.05) is 0 Å². The Labute approximate surface area is 105 Å². The SMILES string of the molecule is CC(OC(=O)C(C)(C)Br)C(=O)OC(C)(C)C. The molecule has 1 unspecified atom stereocenters. The molecule has 0 fully saturated rings. The third kappa shape index (κ3) is 6.10. The molecule has 0 heterocycles. The minimum Gasteiger partial charge on any atom is -0.457 e. The Kier molecular flexibility index (Phi) is 4.98. The molecule has 94 valence electrons. The summed E-state index contributed by atoms with van der Waals surface area (Å²) in [5.74, 6) is -1.04. The zero-order valence-corrected chi connectivity index (χ0v) is 12.2. The van der Waals surface area contributed by atoms with E-state index in [0.717, 1.165) is 0 Å². The first-order valence-electron chi connectivity index (χ1n) is 5.06. The molecule has 0 aromatic carbocycles. The molecular weight excluding hydrogens is 276 g/mol. The van der Waals surface area contributed by atoms with E-state index in [1.807, 2.05) is 0 Å². The van der Waals surface area contributed by atoms with Gasteiger partial charge < -0.3 is 9.47 Å². The van der Waals surface area contributed by atoms with Crippen LogP contribution in [0.2, 0.25) is 0 Å². The molecule has 0 aliphatic carbocycles. The molecule has 0 bridgehead atoms. The molecule has 0 radical (unpaired) electrons. The second kappa shape index (κ2) is 5.17. The summed E-state index contributed by atoms with van der Waals surface area (Å²) < 4.78 is 9.24. The van der Waals surface area contributed by atoms with E-state index < -0.39 is 28.0 Å². The summed E-state index contributed by atoms with van der Waals surface area (Å²) in [4.78, 5) is 23.0. The third-order valence-electron chi connectivity index (χ3n) is 1.51. The topological polar surface area (TPSA) is 52.6 Å². The normalized spacial score (nSPS) is 14.2. The fourth-order valence-corrected chi connectivity index (χ4v) is 0.827. The highest BCUT2D eigenvalue weighted by Crippen LogP contribution is 2.19. The summed E-state index contributed by atoms with van der Waals surface area (Å²) in [6, 6.07) is 0. The zero-order valence-electron chi connectivity index (χ0n) is 10.6. The predicted molar refractivity (Wildman–Crippen MR) is 64.4 cm³/mol. The van der Waals surface area contributed by atoms with Gasteiger partial charge in [-0.25, -0.2) is 4.79 Å². The number of alkyl halides is 1. The van der Waals surface area contributed by atoms with E-state index in [2.05, 4.69) is 15.9 Å². The van der Waals surface area contributed by atoms with Crippen LogP contribution in [0.15, 0.2) is 0 Å². The number of halogens is 1. The van der Waals surface area contributed by atoms with Gasteiger partial charge in [0.25, 0.3) is 0 Å². The second-order valence-corrected chi connectivity index (χ2v) is 7.04. The van der Waals surface area contributed by atoms with Crippen LogP contribution in [-0.4, -0.2) is 28.0 Å². The number of ether oxygens (including phenoxy) is 2. The largest absolute Gasteiger partial charge is 0.457 e. The van der Waals surface area contributed by atoms with Crippen molar-refractivity contribution >= 4 is 27.9 Å². The summed E-state index contributed by atoms with van der Waals surface area (Å²) in [6.07, 6.45) is -0.899. The van der Waals surface area contributed by atoms with Gasteiger partial charge in [-0.05, 0) is 41.5 Å². The quantitative estimate of drug-likeness (QED) is 0.593. The van der Waals surface area contributed by atoms with Crippen LogP contribution in [0.3, 0.4) is 0 Å². The van der Waals surface area contributed by atoms with Gasteiger partial charge in [-0.2, -0.15) is 0 Å². The van der Waals surface area contributed by atoms with E-state index in [-0.39, 0.29) is 0 Å². The van der Waals surface area contributed by atoms with Gasteiger partial charge in [0.1, 0.15) is 9.93 Å². The van der Waals surface area contributed by atoms with Gasteiger partial charge in [-0.1, -0.05) is 15.9 Å². The maximum Gasteiger partial charge on any atom is 0.347 e. The molecule has 0 aromatic rings. The molecule has 0 aliphatic rings. The Morgan fingerprint density at radius 1 is 1.12 bits per heavy atom. The van der Waals surface area contributed by atoms with Gasteiger partial charge in [0.05, 0.1) is 0 Å². The lowest BCUT2D eigenvalue weighted by Crippen LogP contribution is -2.37. The average Bonchev–Trinajstić information content (AvgIpc) is 1.98. The van der Waals surface area contributed by atoms with E-state index in [1.165, 1.54) is 6.92 Å². The Morgan fingerprint density at radius 2 is 1.56 bits per heavy atom. The standard InChI is InChI=1S/C11H19BrO4/c1-7(8(13)16-10(2,3)4)15-9(14)11(5,6)12/h7H,1-6H3. The van der Waals surface area contributed by atoms with Crippen LogP contribution in [0.25, 0.3) is 0 Å². The smallest absolute Gasteiger partial charge is 0.347 e. The lowest BCUT2D eigenvalue weighted by atomic mass is 10.2. The van der Waals surface area contributed by atoms with E-state index in [0.29, 0.717) is 0 Å². The Morgan fingerprint density at radius 3 is 1.88 bits per heavy atom. The van der Waals surface area contributed by atoms with Gasteiger partial charge in [0.2, 0.25) is 0 Å². The van der Waals surface area contributed by atoms with Crippen LogP contribution >= 0.6 is 15.9 Å². The monoisotopic (exact) mass is 294 g/mol. The van der Waals surface area contributed by atoms with Crippen LogP contribution < -0.4 is 0 Å². The van der Waals surface area contributed by atoms with Crippen LogP contribution in [0, 0.1) is 0 Å². The first-order chi connectivity index (χ1) is 6.93. The molecule has 0 aromatic heterocycles. The highest BCUT2D eigenvalue weighted by atomic mass is 79.9. The predicted octanol–water partition coefficient (Wildman–Crippen LogP) is 2.43. The zero-order chi connectivity index (χ0) is 13.1. The molecule has 0 aliphatic heterocycles. The molecule has 0 saturated carbocycles. The molecule has 0 amide bonds. The number of esters is 2. The average molecular weight is 295 g/mol. The molecule has 4 nitrogen and oxygen atoms in total. The summed E-state index contributed by atoms with van der Waals surface area (Å²) in [6.45, 7) is 10.1. The summed E-state index contributed by atoms with van der Waals surface area (Å²) >= 11 is 3.16. The van der Waals surface area contributed by atoms with Crippen molar-refractivity contribution in [2.24, 2.45) is 0 Å². The molecule has 0 rings (SSSR count). The van der Waals surface area contributed by atoms with Crippen LogP contribution in [0.1, 0.15) is 41.5 Å². The molecule has 0 spiro atoms. The summed E-state index contributed by atoms with van der Waals surface area (Å²) in [5.41, 5.74) is -0.582. The van der Waals surface area contributed by atoms with Crippen LogP contribution in [0.5, 0.6) is 0 Å². The third-order valence-corrected chi connectivity index (χ3v) is 1.83. The Balaban J connectivity index is 4.33. The minimum absolute atomic E-state index is 0.495.